The van der Waals surface area contributed by atoms with Crippen LogP contribution in [0.1, 0.15) is 43.0 Å². The van der Waals surface area contributed by atoms with E-state index in [1.54, 1.807) is 6.92 Å². The highest BCUT2D eigenvalue weighted by Crippen LogP contribution is 2.37. The van der Waals surface area contributed by atoms with Crippen molar-refractivity contribution in [3.8, 4) is 6.07 Å². The van der Waals surface area contributed by atoms with Crippen molar-refractivity contribution in [3.63, 3.8) is 0 Å². The minimum absolute atomic E-state index is 0.231. The summed E-state index contributed by atoms with van der Waals surface area (Å²) in [6.07, 6.45) is 0.660. The third kappa shape index (κ3) is 3.02. The smallest absolute Gasteiger partial charge is 0.314 e. The molecule has 1 fully saturated rings. The molecule has 1 aromatic heterocycles. The van der Waals surface area contributed by atoms with Crippen molar-refractivity contribution in [3.05, 3.63) is 22.9 Å². The average molecular weight is 317 g/mol. The Balaban J connectivity index is 2.39. The summed E-state index contributed by atoms with van der Waals surface area (Å²) in [6.45, 7) is 6.34. The van der Waals surface area contributed by atoms with Gasteiger partial charge in [-0.2, -0.15) is 5.26 Å². The van der Waals surface area contributed by atoms with E-state index in [4.69, 9.17) is 5.26 Å². The van der Waals surface area contributed by atoms with E-state index in [1.807, 2.05) is 24.8 Å². The lowest BCUT2D eigenvalue weighted by Gasteiger charge is -2.44. The molecule has 2 rings (SSSR count). The number of carboxylic acid groups (broad SMARTS) is 1. The third-order valence-corrected chi connectivity index (χ3v) is 4.73. The quantitative estimate of drug-likeness (QED) is 0.881. The number of carbonyl (C=O) groups is 1. The van der Waals surface area contributed by atoms with Crippen molar-refractivity contribution in [1.82, 2.24) is 4.98 Å². The average Bonchev–Trinajstić information content (AvgIpc) is 2.49. The van der Waals surface area contributed by atoms with Crippen LogP contribution in [0.3, 0.4) is 0 Å². The molecular weight excluding hydrogens is 294 g/mol. The van der Waals surface area contributed by atoms with E-state index in [9.17, 15) is 15.0 Å². The number of rotatable bonds is 4. The third-order valence-electron chi connectivity index (χ3n) is 4.73. The summed E-state index contributed by atoms with van der Waals surface area (Å²) in [5.74, 6) is -0.286. The van der Waals surface area contributed by atoms with E-state index in [0.29, 0.717) is 42.9 Å². The van der Waals surface area contributed by atoms with Crippen molar-refractivity contribution >= 4 is 11.8 Å². The van der Waals surface area contributed by atoms with Gasteiger partial charge in [-0.25, -0.2) is 4.98 Å². The Morgan fingerprint density at radius 1 is 1.57 bits per heavy atom. The molecule has 0 aromatic carbocycles. The van der Waals surface area contributed by atoms with E-state index in [1.165, 1.54) is 0 Å². The van der Waals surface area contributed by atoms with Crippen LogP contribution in [0.5, 0.6) is 0 Å². The van der Waals surface area contributed by atoms with Crippen molar-refractivity contribution in [2.75, 3.05) is 18.0 Å². The highest BCUT2D eigenvalue weighted by Gasteiger charge is 2.48. The second-order valence-corrected chi connectivity index (χ2v) is 6.31. The molecule has 1 aromatic rings. The van der Waals surface area contributed by atoms with Gasteiger partial charge < -0.3 is 15.1 Å². The Hall–Kier alpha value is -2.13. The maximum atomic E-state index is 11.8. The van der Waals surface area contributed by atoms with Gasteiger partial charge in [0, 0.05) is 13.1 Å². The Morgan fingerprint density at radius 2 is 2.26 bits per heavy atom. The fourth-order valence-electron chi connectivity index (χ4n) is 3.43. The number of piperidine rings is 1. The zero-order valence-electron chi connectivity index (χ0n) is 13.8. The Morgan fingerprint density at radius 3 is 2.78 bits per heavy atom. The van der Waals surface area contributed by atoms with Crippen molar-refractivity contribution in [2.45, 2.75) is 46.1 Å². The SMILES string of the molecule is CCC[C@@]1(C(=O)O)CN(c2cc(C)c(C#N)c(C)n2)CC[C@@H]1O. The van der Waals surface area contributed by atoms with Gasteiger partial charge in [-0.3, -0.25) is 4.79 Å². The summed E-state index contributed by atoms with van der Waals surface area (Å²) in [5, 5.41) is 29.1. The van der Waals surface area contributed by atoms with Crippen LogP contribution in [0, 0.1) is 30.6 Å². The molecule has 2 N–H and O–H groups in total. The molecule has 0 aliphatic carbocycles. The highest BCUT2D eigenvalue weighted by atomic mass is 16.4. The summed E-state index contributed by atoms with van der Waals surface area (Å²) >= 11 is 0. The molecule has 0 saturated carbocycles. The van der Waals surface area contributed by atoms with E-state index in [2.05, 4.69) is 11.1 Å². The lowest BCUT2D eigenvalue weighted by atomic mass is 9.74. The van der Waals surface area contributed by atoms with Crippen molar-refractivity contribution < 1.29 is 15.0 Å². The standard InChI is InChI=1S/C17H23N3O3/c1-4-6-17(16(22)23)10-20(7-5-14(17)21)15-8-11(2)13(9-18)12(3)19-15/h8,14,21H,4-7,10H2,1-3H3,(H,22,23)/t14-,17+/m0/s1. The second kappa shape index (κ2) is 6.55. The van der Waals surface area contributed by atoms with E-state index >= 15 is 0 Å². The molecule has 0 amide bonds. The summed E-state index contributed by atoms with van der Waals surface area (Å²) in [4.78, 5) is 18.2. The molecule has 1 aliphatic heterocycles. The lowest BCUT2D eigenvalue weighted by molar-refractivity contribution is -0.158. The van der Waals surface area contributed by atoms with Gasteiger partial charge in [0.25, 0.3) is 0 Å². The maximum absolute atomic E-state index is 11.8. The zero-order chi connectivity index (χ0) is 17.2. The molecule has 0 spiro atoms. The first-order chi connectivity index (χ1) is 10.9. The fraction of sp³-hybridized carbons (Fsp3) is 0.588. The van der Waals surface area contributed by atoms with Crippen LogP contribution in [0.25, 0.3) is 0 Å². The Labute approximate surface area is 136 Å². The van der Waals surface area contributed by atoms with Crippen molar-refractivity contribution in [2.24, 2.45) is 5.41 Å². The van der Waals surface area contributed by atoms with Crippen LogP contribution in [-0.2, 0) is 4.79 Å². The summed E-state index contributed by atoms with van der Waals surface area (Å²) < 4.78 is 0. The predicted octanol–water partition coefficient (Wildman–Crippen LogP) is 2.01. The monoisotopic (exact) mass is 317 g/mol. The van der Waals surface area contributed by atoms with Crippen LogP contribution in [0.4, 0.5) is 5.82 Å². The number of nitriles is 1. The van der Waals surface area contributed by atoms with Gasteiger partial charge in [0.1, 0.15) is 17.3 Å². The van der Waals surface area contributed by atoms with Gasteiger partial charge in [0.15, 0.2) is 0 Å². The minimum atomic E-state index is -1.16. The molecule has 1 aliphatic rings. The number of anilines is 1. The van der Waals surface area contributed by atoms with Gasteiger partial charge in [-0.1, -0.05) is 13.3 Å². The van der Waals surface area contributed by atoms with Crippen LogP contribution >= 0.6 is 0 Å². The number of aryl methyl sites for hydroxylation is 2. The predicted molar refractivity (Wildman–Crippen MR) is 86.2 cm³/mol. The van der Waals surface area contributed by atoms with E-state index in [0.717, 1.165) is 5.56 Å². The number of aliphatic hydroxyl groups is 1. The summed E-state index contributed by atoms with van der Waals surface area (Å²) in [5.41, 5.74) is 0.871. The lowest BCUT2D eigenvalue weighted by Crippen LogP contribution is -2.56. The fourth-order valence-corrected chi connectivity index (χ4v) is 3.43. The van der Waals surface area contributed by atoms with Crippen LogP contribution in [-0.4, -0.2) is 40.4 Å². The molecular formula is C17H23N3O3. The number of hydrogen-bond acceptors (Lipinski definition) is 5. The van der Waals surface area contributed by atoms with E-state index in [-0.39, 0.29) is 6.54 Å². The zero-order valence-corrected chi connectivity index (χ0v) is 13.8. The molecule has 124 valence electrons. The molecule has 0 radical (unpaired) electrons. The van der Waals surface area contributed by atoms with Crippen LogP contribution < -0.4 is 4.90 Å². The first-order valence-corrected chi connectivity index (χ1v) is 7.90. The Kier molecular flexibility index (Phi) is 4.90. The van der Waals surface area contributed by atoms with Gasteiger partial charge in [0.05, 0.1) is 17.4 Å². The second-order valence-electron chi connectivity index (χ2n) is 6.31. The molecule has 0 bridgehead atoms. The van der Waals surface area contributed by atoms with Gasteiger partial charge in [-0.15, -0.1) is 0 Å². The first kappa shape index (κ1) is 17.2. The number of carboxylic acids is 1. The Bertz CT molecular complexity index is 630. The van der Waals surface area contributed by atoms with Gasteiger partial charge in [0.2, 0.25) is 0 Å². The maximum Gasteiger partial charge on any atom is 0.314 e. The summed E-state index contributed by atoms with van der Waals surface area (Å²) in [6, 6.07) is 3.96. The molecule has 0 unspecified atom stereocenters. The number of aliphatic hydroxyl groups excluding tert-OH is 1. The molecule has 1 saturated heterocycles. The number of nitrogens with zero attached hydrogens (tertiary/aromatic N) is 3. The minimum Gasteiger partial charge on any atom is -0.481 e. The van der Waals surface area contributed by atoms with Crippen molar-refractivity contribution in [1.29, 1.82) is 5.26 Å². The molecule has 6 heteroatoms. The van der Waals surface area contributed by atoms with Crippen LogP contribution in [0.2, 0.25) is 0 Å². The highest BCUT2D eigenvalue weighted by molar-refractivity contribution is 5.77. The van der Waals surface area contributed by atoms with E-state index < -0.39 is 17.5 Å². The topological polar surface area (TPSA) is 97.5 Å². The molecule has 6 nitrogen and oxygen atoms in total. The number of pyridine rings is 1. The number of aromatic nitrogens is 1. The normalized spacial score (nSPS) is 24.3. The number of hydrogen-bond donors (Lipinski definition) is 2. The van der Waals surface area contributed by atoms with Gasteiger partial charge >= 0.3 is 5.97 Å². The summed E-state index contributed by atoms with van der Waals surface area (Å²) in [7, 11) is 0. The van der Waals surface area contributed by atoms with Crippen LogP contribution in [0.15, 0.2) is 6.07 Å². The largest absolute Gasteiger partial charge is 0.481 e. The first-order valence-electron chi connectivity index (χ1n) is 7.90. The van der Waals surface area contributed by atoms with Gasteiger partial charge in [-0.05, 0) is 38.3 Å². The number of aliphatic carboxylic acids is 1. The molecule has 23 heavy (non-hydrogen) atoms. The molecule has 2 atom stereocenters. The molecule has 2 heterocycles.